The van der Waals surface area contributed by atoms with Crippen LogP contribution in [0.15, 0.2) is 24.3 Å². The Morgan fingerprint density at radius 1 is 1.12 bits per heavy atom. The molecule has 0 unspecified atom stereocenters. The minimum absolute atomic E-state index is 0.0966. The average molecular weight is 332 g/mol. The number of carbonyl (C=O) groups excluding carboxylic acids is 1. The molecule has 0 aromatic heterocycles. The number of aliphatic carboxylic acids is 1. The molecule has 2 heterocycles. The fourth-order valence-electron chi connectivity index (χ4n) is 3.79. The van der Waals surface area contributed by atoms with Crippen molar-refractivity contribution in [1.29, 1.82) is 0 Å². The van der Waals surface area contributed by atoms with Crippen LogP contribution in [0.2, 0.25) is 0 Å². The molecule has 0 aliphatic carbocycles. The van der Waals surface area contributed by atoms with Crippen molar-refractivity contribution in [3.63, 3.8) is 0 Å². The van der Waals surface area contributed by atoms with Crippen LogP contribution in [-0.4, -0.2) is 58.1 Å². The van der Waals surface area contributed by atoms with Crippen molar-refractivity contribution in [3.05, 3.63) is 29.8 Å². The second-order valence-corrected chi connectivity index (χ2v) is 6.86. The van der Waals surface area contributed by atoms with Gasteiger partial charge in [0, 0.05) is 32.7 Å². The van der Waals surface area contributed by atoms with Crippen LogP contribution in [-0.2, 0) is 16.1 Å². The third kappa shape index (κ3) is 3.87. The highest BCUT2D eigenvalue weighted by Gasteiger charge is 2.37. The number of phenolic OH excluding ortho intramolecular Hbond substituents is 1. The molecule has 2 atom stereocenters. The summed E-state index contributed by atoms with van der Waals surface area (Å²) in [7, 11) is 0. The molecule has 3 rings (SSSR count). The van der Waals surface area contributed by atoms with Crippen molar-refractivity contribution in [2.24, 2.45) is 11.8 Å². The second kappa shape index (κ2) is 7.21. The average Bonchev–Trinajstić information content (AvgIpc) is 3.08. The zero-order valence-electron chi connectivity index (χ0n) is 13.7. The summed E-state index contributed by atoms with van der Waals surface area (Å²) in [6.07, 6.45) is 2.49. The highest BCUT2D eigenvalue weighted by Crippen LogP contribution is 2.27. The third-order valence-electron chi connectivity index (χ3n) is 4.96. The van der Waals surface area contributed by atoms with Gasteiger partial charge in [-0.1, -0.05) is 12.1 Å². The van der Waals surface area contributed by atoms with Crippen molar-refractivity contribution in [1.82, 2.24) is 9.80 Å². The Bertz CT molecular complexity index is 613. The molecule has 0 spiro atoms. The molecule has 2 aliphatic heterocycles. The monoisotopic (exact) mass is 332 g/mol. The van der Waals surface area contributed by atoms with Gasteiger partial charge in [0.15, 0.2) is 0 Å². The molecular formula is C18H24N2O4. The number of carbonyl (C=O) groups is 2. The number of carboxylic acid groups (broad SMARTS) is 1. The summed E-state index contributed by atoms with van der Waals surface area (Å²) in [5.41, 5.74) is 0.924. The fourth-order valence-corrected chi connectivity index (χ4v) is 3.79. The molecule has 0 radical (unpaired) electrons. The lowest BCUT2D eigenvalue weighted by Gasteiger charge is -2.37. The molecule has 2 aliphatic rings. The molecule has 1 aromatic rings. The van der Waals surface area contributed by atoms with E-state index in [0.717, 1.165) is 31.5 Å². The maximum atomic E-state index is 12.7. The minimum atomic E-state index is -0.838. The topological polar surface area (TPSA) is 81.1 Å². The van der Waals surface area contributed by atoms with Gasteiger partial charge >= 0.3 is 5.97 Å². The first-order chi connectivity index (χ1) is 11.5. The highest BCUT2D eigenvalue weighted by atomic mass is 16.4. The number of likely N-dealkylation sites (tertiary alicyclic amines) is 2. The number of nitrogens with zero attached hydrogens (tertiary/aromatic N) is 2. The lowest BCUT2D eigenvalue weighted by Crippen LogP contribution is -2.48. The molecule has 130 valence electrons. The quantitative estimate of drug-likeness (QED) is 0.874. The number of rotatable bonds is 4. The second-order valence-electron chi connectivity index (χ2n) is 6.86. The van der Waals surface area contributed by atoms with E-state index in [1.54, 1.807) is 18.2 Å². The molecule has 2 N–H and O–H groups in total. The molecule has 6 heteroatoms. The summed E-state index contributed by atoms with van der Waals surface area (Å²) < 4.78 is 0. The van der Waals surface area contributed by atoms with Gasteiger partial charge in [0.2, 0.25) is 5.91 Å². The van der Waals surface area contributed by atoms with Gasteiger partial charge in [-0.3, -0.25) is 14.5 Å². The van der Waals surface area contributed by atoms with E-state index < -0.39 is 11.9 Å². The van der Waals surface area contributed by atoms with Crippen LogP contribution < -0.4 is 0 Å². The lowest BCUT2D eigenvalue weighted by atomic mass is 9.88. The molecule has 2 fully saturated rings. The van der Waals surface area contributed by atoms with Gasteiger partial charge in [0.05, 0.1) is 11.8 Å². The Labute approximate surface area is 141 Å². The third-order valence-corrected chi connectivity index (χ3v) is 4.96. The number of carboxylic acids is 1. The molecule has 6 nitrogen and oxygen atoms in total. The van der Waals surface area contributed by atoms with Gasteiger partial charge in [0.25, 0.3) is 0 Å². The molecule has 24 heavy (non-hydrogen) atoms. The predicted octanol–water partition coefficient (Wildman–Crippen LogP) is 1.54. The summed E-state index contributed by atoms with van der Waals surface area (Å²) in [4.78, 5) is 28.1. The van der Waals surface area contributed by atoms with E-state index in [1.807, 2.05) is 15.9 Å². The largest absolute Gasteiger partial charge is 0.508 e. The molecule has 2 saturated heterocycles. The van der Waals surface area contributed by atoms with Gasteiger partial charge in [0.1, 0.15) is 5.75 Å². The number of phenols is 1. The zero-order valence-corrected chi connectivity index (χ0v) is 13.7. The number of amides is 1. The van der Waals surface area contributed by atoms with Crippen LogP contribution in [0.5, 0.6) is 5.75 Å². The van der Waals surface area contributed by atoms with E-state index in [2.05, 4.69) is 0 Å². The SMILES string of the molecule is O=C(O)[C@@H]1C[C@H](C(=O)N2CCCC2)CN(Cc2cccc(O)c2)C1. The molecule has 1 aromatic carbocycles. The normalized spacial score (nSPS) is 24.9. The van der Waals surface area contributed by atoms with Gasteiger partial charge in [-0.25, -0.2) is 0 Å². The van der Waals surface area contributed by atoms with Crippen LogP contribution in [0.4, 0.5) is 0 Å². The maximum Gasteiger partial charge on any atom is 0.307 e. The van der Waals surface area contributed by atoms with Crippen molar-refractivity contribution >= 4 is 11.9 Å². The van der Waals surface area contributed by atoms with E-state index >= 15 is 0 Å². The predicted molar refractivity (Wildman–Crippen MR) is 88.4 cm³/mol. The number of benzene rings is 1. The van der Waals surface area contributed by atoms with E-state index in [0.29, 0.717) is 26.1 Å². The van der Waals surface area contributed by atoms with Gasteiger partial charge < -0.3 is 15.1 Å². The van der Waals surface area contributed by atoms with Crippen molar-refractivity contribution < 1.29 is 19.8 Å². The standard InChI is InChI=1S/C18H24N2O4/c21-16-5-3-4-13(8-16)10-19-11-14(9-15(12-19)18(23)24)17(22)20-6-1-2-7-20/h3-5,8,14-15,21H,1-2,6-7,9-12H2,(H,23,24)/t14-,15+/m0/s1. The summed E-state index contributed by atoms with van der Waals surface area (Å²) in [6.45, 7) is 3.14. The first-order valence-corrected chi connectivity index (χ1v) is 8.55. The van der Waals surface area contributed by atoms with E-state index in [-0.39, 0.29) is 17.6 Å². The lowest BCUT2D eigenvalue weighted by molar-refractivity contribution is -0.147. The van der Waals surface area contributed by atoms with Crippen LogP contribution in [0.3, 0.4) is 0 Å². The number of aromatic hydroxyl groups is 1. The number of piperidine rings is 1. The van der Waals surface area contributed by atoms with Crippen LogP contribution in [0.25, 0.3) is 0 Å². The summed E-state index contributed by atoms with van der Waals surface area (Å²) >= 11 is 0. The first kappa shape index (κ1) is 16.8. The van der Waals surface area contributed by atoms with Crippen LogP contribution in [0, 0.1) is 11.8 Å². The van der Waals surface area contributed by atoms with Gasteiger partial charge in [-0.2, -0.15) is 0 Å². The Morgan fingerprint density at radius 2 is 1.83 bits per heavy atom. The van der Waals surface area contributed by atoms with Crippen molar-refractivity contribution in [2.75, 3.05) is 26.2 Å². The summed E-state index contributed by atoms with van der Waals surface area (Å²) in [5.74, 6) is -1.32. The zero-order chi connectivity index (χ0) is 17.1. The smallest absolute Gasteiger partial charge is 0.307 e. The molecule has 1 amide bonds. The number of hydrogen-bond acceptors (Lipinski definition) is 4. The Kier molecular flexibility index (Phi) is 5.04. The van der Waals surface area contributed by atoms with Crippen molar-refractivity contribution in [3.8, 4) is 5.75 Å². The molecule has 0 bridgehead atoms. The molecule has 0 saturated carbocycles. The first-order valence-electron chi connectivity index (χ1n) is 8.55. The van der Waals surface area contributed by atoms with Gasteiger partial charge in [-0.15, -0.1) is 0 Å². The van der Waals surface area contributed by atoms with E-state index in [4.69, 9.17) is 0 Å². The minimum Gasteiger partial charge on any atom is -0.508 e. The summed E-state index contributed by atoms with van der Waals surface area (Å²) in [5, 5.41) is 19.0. The van der Waals surface area contributed by atoms with E-state index in [1.165, 1.54) is 0 Å². The van der Waals surface area contributed by atoms with E-state index in [9.17, 15) is 19.8 Å². The number of hydrogen-bond donors (Lipinski definition) is 2. The van der Waals surface area contributed by atoms with Crippen LogP contribution in [0.1, 0.15) is 24.8 Å². The highest BCUT2D eigenvalue weighted by molar-refractivity contribution is 5.81. The fraction of sp³-hybridized carbons (Fsp3) is 0.556. The summed E-state index contributed by atoms with van der Waals surface area (Å²) in [6, 6.07) is 6.97. The Balaban J connectivity index is 1.71. The maximum absolute atomic E-state index is 12.7. The molecular weight excluding hydrogens is 308 g/mol. The Hall–Kier alpha value is -2.08. The Morgan fingerprint density at radius 3 is 2.50 bits per heavy atom. The van der Waals surface area contributed by atoms with Crippen molar-refractivity contribution in [2.45, 2.75) is 25.8 Å². The van der Waals surface area contributed by atoms with Crippen LogP contribution >= 0.6 is 0 Å². The van der Waals surface area contributed by atoms with Gasteiger partial charge in [-0.05, 0) is 37.0 Å².